The van der Waals surface area contributed by atoms with Gasteiger partial charge in [0.1, 0.15) is 28.1 Å². The van der Waals surface area contributed by atoms with E-state index < -0.39 is 0 Å². The molecule has 5 nitrogen and oxygen atoms in total. The molecular formula is C25H27N3O2S. The summed E-state index contributed by atoms with van der Waals surface area (Å²) < 4.78 is 5.34. The highest BCUT2D eigenvalue weighted by atomic mass is 32.1. The van der Waals surface area contributed by atoms with Crippen LogP contribution in [0.5, 0.6) is 0 Å². The van der Waals surface area contributed by atoms with Crippen LogP contribution in [0.2, 0.25) is 0 Å². The summed E-state index contributed by atoms with van der Waals surface area (Å²) in [6.07, 6.45) is 4.06. The van der Waals surface area contributed by atoms with E-state index in [1.807, 2.05) is 30.3 Å². The molecule has 0 saturated carbocycles. The highest BCUT2D eigenvalue weighted by Crippen LogP contribution is 2.45. The fraction of sp³-hybridized carbons (Fsp3) is 0.400. The van der Waals surface area contributed by atoms with Crippen molar-refractivity contribution >= 4 is 22.2 Å². The molecular weight excluding hydrogens is 406 g/mol. The van der Waals surface area contributed by atoms with E-state index in [1.54, 1.807) is 18.3 Å². The van der Waals surface area contributed by atoms with Crippen molar-refractivity contribution in [1.82, 2.24) is 5.16 Å². The molecule has 0 saturated heterocycles. The van der Waals surface area contributed by atoms with Crippen LogP contribution in [0.4, 0.5) is 5.00 Å². The summed E-state index contributed by atoms with van der Waals surface area (Å²) in [5, 5.41) is 17.6. The van der Waals surface area contributed by atoms with E-state index in [0.29, 0.717) is 33.5 Å². The molecule has 1 N–H and O–H groups in total. The number of carbonyl (C=O) groups excluding carboxylic acids is 1. The summed E-state index contributed by atoms with van der Waals surface area (Å²) in [4.78, 5) is 14.5. The lowest BCUT2D eigenvalue weighted by atomic mass is 9.69. The Morgan fingerprint density at radius 1 is 1.35 bits per heavy atom. The number of nitriles is 1. The van der Waals surface area contributed by atoms with E-state index in [1.165, 1.54) is 4.88 Å². The number of aromatic nitrogens is 1. The highest BCUT2D eigenvalue weighted by molar-refractivity contribution is 7.16. The van der Waals surface area contributed by atoms with Crippen molar-refractivity contribution in [3.63, 3.8) is 0 Å². The van der Waals surface area contributed by atoms with Gasteiger partial charge in [-0.05, 0) is 43.1 Å². The van der Waals surface area contributed by atoms with Gasteiger partial charge in [0.2, 0.25) is 0 Å². The molecule has 1 atom stereocenters. The van der Waals surface area contributed by atoms with Gasteiger partial charge in [-0.3, -0.25) is 4.79 Å². The van der Waals surface area contributed by atoms with Crippen LogP contribution in [0, 0.1) is 29.6 Å². The lowest BCUT2D eigenvalue weighted by molar-refractivity contribution is 0.102. The maximum Gasteiger partial charge on any atom is 0.262 e. The van der Waals surface area contributed by atoms with E-state index >= 15 is 0 Å². The van der Waals surface area contributed by atoms with E-state index in [0.717, 1.165) is 36.8 Å². The predicted molar refractivity (Wildman–Crippen MR) is 123 cm³/mol. The first-order chi connectivity index (χ1) is 14.9. The molecule has 2 heterocycles. The van der Waals surface area contributed by atoms with Crippen molar-refractivity contribution in [2.75, 3.05) is 5.32 Å². The zero-order valence-electron chi connectivity index (χ0n) is 18.4. The second-order valence-corrected chi connectivity index (χ2v) is 9.99. The molecule has 3 aromatic rings. The minimum Gasteiger partial charge on any atom is -0.360 e. The van der Waals surface area contributed by atoms with Crippen LogP contribution in [-0.4, -0.2) is 11.1 Å². The Hall–Kier alpha value is -2.91. The summed E-state index contributed by atoms with van der Waals surface area (Å²) in [6.45, 7) is 8.62. The van der Waals surface area contributed by atoms with Crippen molar-refractivity contribution in [1.29, 1.82) is 5.26 Å². The number of fused-ring (bicyclic) bond motifs is 1. The topological polar surface area (TPSA) is 78.9 Å². The summed E-state index contributed by atoms with van der Waals surface area (Å²) in [5.41, 5.74) is 3.72. The number of hydrogen-bond acceptors (Lipinski definition) is 5. The Bertz CT molecular complexity index is 1150. The normalized spacial score (nSPS) is 15.9. The number of hydrogen-bond donors (Lipinski definition) is 1. The average molecular weight is 434 g/mol. The molecule has 6 heteroatoms. The van der Waals surface area contributed by atoms with Gasteiger partial charge < -0.3 is 9.84 Å². The van der Waals surface area contributed by atoms with Crippen LogP contribution in [0.3, 0.4) is 0 Å². The van der Waals surface area contributed by atoms with Crippen molar-refractivity contribution in [2.45, 2.75) is 53.4 Å². The number of amides is 1. The van der Waals surface area contributed by atoms with Gasteiger partial charge in [-0.1, -0.05) is 62.7 Å². The van der Waals surface area contributed by atoms with E-state index in [4.69, 9.17) is 4.52 Å². The van der Waals surface area contributed by atoms with Gasteiger partial charge in [0.05, 0.1) is 5.56 Å². The molecule has 4 rings (SSSR count). The Labute approximate surface area is 187 Å². The van der Waals surface area contributed by atoms with Gasteiger partial charge >= 0.3 is 0 Å². The highest BCUT2D eigenvalue weighted by Gasteiger charge is 2.34. The lowest BCUT2D eigenvalue weighted by Gasteiger charge is -2.36. The monoisotopic (exact) mass is 433 g/mol. The second-order valence-electron chi connectivity index (χ2n) is 8.88. The first-order valence-corrected chi connectivity index (χ1v) is 11.5. The van der Waals surface area contributed by atoms with Crippen LogP contribution < -0.4 is 5.32 Å². The number of carbonyl (C=O) groups is 1. The quantitative estimate of drug-likeness (QED) is 0.506. The predicted octanol–water partition coefficient (Wildman–Crippen LogP) is 6.38. The first kappa shape index (κ1) is 21.3. The Morgan fingerprint density at radius 3 is 2.77 bits per heavy atom. The summed E-state index contributed by atoms with van der Waals surface area (Å²) in [7, 11) is 0. The fourth-order valence-electron chi connectivity index (χ4n) is 4.35. The number of rotatable bonds is 5. The third kappa shape index (κ3) is 3.90. The maximum atomic E-state index is 13.2. The zero-order chi connectivity index (χ0) is 22.2. The number of nitrogens with one attached hydrogen (secondary N) is 1. The van der Waals surface area contributed by atoms with Gasteiger partial charge in [0.15, 0.2) is 0 Å². The summed E-state index contributed by atoms with van der Waals surface area (Å²) in [6, 6.07) is 11.8. The van der Waals surface area contributed by atoms with Gasteiger partial charge in [-0.15, -0.1) is 11.3 Å². The van der Waals surface area contributed by atoms with Crippen LogP contribution in [0.25, 0.3) is 11.3 Å². The molecule has 0 spiro atoms. The van der Waals surface area contributed by atoms with E-state index in [-0.39, 0.29) is 11.3 Å². The molecule has 31 heavy (non-hydrogen) atoms. The van der Waals surface area contributed by atoms with Crippen molar-refractivity contribution in [2.24, 2.45) is 11.3 Å². The summed E-state index contributed by atoms with van der Waals surface area (Å²) in [5.74, 6) is 0.753. The molecule has 1 aliphatic rings. The third-order valence-corrected chi connectivity index (χ3v) is 7.93. The molecule has 0 bridgehead atoms. The van der Waals surface area contributed by atoms with Crippen molar-refractivity contribution in [3.05, 3.63) is 57.7 Å². The van der Waals surface area contributed by atoms with Crippen molar-refractivity contribution < 1.29 is 9.32 Å². The largest absolute Gasteiger partial charge is 0.360 e. The first-order valence-electron chi connectivity index (χ1n) is 10.7. The SMILES string of the molecule is CCC(C)(C)[C@@H]1CCc2c(sc(NC(=O)c3c(-c4ccccc4)noc3C)c2C#N)C1. The molecule has 160 valence electrons. The van der Waals surface area contributed by atoms with Gasteiger partial charge in [-0.25, -0.2) is 0 Å². The average Bonchev–Trinajstić information content (AvgIpc) is 3.33. The maximum absolute atomic E-state index is 13.2. The van der Waals surface area contributed by atoms with Crippen LogP contribution in [0.1, 0.15) is 65.7 Å². The molecule has 0 aliphatic heterocycles. The molecule has 0 radical (unpaired) electrons. The fourth-order valence-corrected chi connectivity index (χ4v) is 5.62. The number of anilines is 1. The third-order valence-electron chi connectivity index (χ3n) is 6.76. The Balaban J connectivity index is 1.64. The Morgan fingerprint density at radius 2 is 2.10 bits per heavy atom. The molecule has 0 unspecified atom stereocenters. The number of benzene rings is 1. The Kier molecular flexibility index (Phi) is 5.72. The van der Waals surface area contributed by atoms with Gasteiger partial charge in [0, 0.05) is 10.4 Å². The van der Waals surface area contributed by atoms with Gasteiger partial charge in [0.25, 0.3) is 5.91 Å². The number of thiophene rings is 1. The van der Waals surface area contributed by atoms with Crippen molar-refractivity contribution in [3.8, 4) is 17.3 Å². The zero-order valence-corrected chi connectivity index (χ0v) is 19.2. The number of aryl methyl sites for hydroxylation is 1. The van der Waals surface area contributed by atoms with Crippen LogP contribution in [0.15, 0.2) is 34.9 Å². The lowest BCUT2D eigenvalue weighted by Crippen LogP contribution is -2.28. The smallest absolute Gasteiger partial charge is 0.262 e. The minimum atomic E-state index is -0.293. The molecule has 2 aromatic heterocycles. The van der Waals surface area contributed by atoms with E-state index in [9.17, 15) is 10.1 Å². The number of nitrogens with zero attached hydrogens (tertiary/aromatic N) is 2. The molecule has 1 aromatic carbocycles. The van der Waals surface area contributed by atoms with Crippen LogP contribution in [-0.2, 0) is 12.8 Å². The van der Waals surface area contributed by atoms with Gasteiger partial charge in [-0.2, -0.15) is 5.26 Å². The minimum absolute atomic E-state index is 0.266. The second kappa shape index (κ2) is 8.32. The summed E-state index contributed by atoms with van der Waals surface area (Å²) >= 11 is 1.54. The van der Waals surface area contributed by atoms with Crippen LogP contribution >= 0.6 is 11.3 Å². The standard InChI is InChI=1S/C25H27N3O2S/c1-5-25(3,4)17-11-12-18-19(14-26)24(31-20(18)13-17)27-23(29)21-15(2)30-28-22(21)16-9-7-6-8-10-16/h6-10,17H,5,11-13H2,1-4H3,(H,27,29)/t17-/m1/s1. The molecule has 0 fully saturated rings. The molecule has 1 aliphatic carbocycles. The van der Waals surface area contributed by atoms with E-state index in [2.05, 4.69) is 37.3 Å². The molecule has 1 amide bonds.